The lowest BCUT2D eigenvalue weighted by atomic mass is 10.1. The van der Waals surface area contributed by atoms with Crippen molar-refractivity contribution >= 4 is 44.3 Å². The highest BCUT2D eigenvalue weighted by Gasteiger charge is 2.12. The zero-order chi connectivity index (χ0) is 15.5. The van der Waals surface area contributed by atoms with Crippen LogP contribution in [0.25, 0.3) is 11.0 Å². The van der Waals surface area contributed by atoms with Crippen molar-refractivity contribution < 1.29 is 5.11 Å². The van der Waals surface area contributed by atoms with E-state index < -0.39 is 6.10 Å². The number of rotatable bonds is 4. The first-order valence-corrected chi connectivity index (χ1v) is 7.89. The number of nitrogens with one attached hydrogen (secondary N) is 1. The molecule has 0 fully saturated rings. The second-order valence-corrected chi connectivity index (χ2v) is 6.12. The molecule has 2 aromatic heterocycles. The molecule has 0 amide bonds. The molecule has 2 heterocycles. The van der Waals surface area contributed by atoms with E-state index in [4.69, 9.17) is 11.6 Å². The van der Waals surface area contributed by atoms with Crippen LogP contribution >= 0.6 is 27.5 Å². The number of aliphatic hydroxyl groups is 1. The smallest absolute Gasteiger partial charge is 0.112 e. The van der Waals surface area contributed by atoms with Crippen LogP contribution in [0.5, 0.6) is 0 Å². The molecule has 3 rings (SSSR count). The summed E-state index contributed by atoms with van der Waals surface area (Å²) < 4.78 is 0.876. The lowest BCUT2D eigenvalue weighted by Crippen LogP contribution is -2.13. The first-order valence-electron chi connectivity index (χ1n) is 6.72. The van der Waals surface area contributed by atoms with Crippen LogP contribution in [0.3, 0.4) is 0 Å². The summed E-state index contributed by atoms with van der Waals surface area (Å²) in [6.07, 6.45) is 2.73. The predicted molar refractivity (Wildman–Crippen MR) is 92.1 cm³/mol. The van der Waals surface area contributed by atoms with Gasteiger partial charge in [-0.05, 0) is 34.1 Å². The lowest BCUT2D eigenvalue weighted by molar-refractivity contribution is 0.192. The van der Waals surface area contributed by atoms with E-state index in [1.54, 1.807) is 18.5 Å². The molecule has 6 heteroatoms. The summed E-state index contributed by atoms with van der Waals surface area (Å²) >= 11 is 9.48. The summed E-state index contributed by atoms with van der Waals surface area (Å²) in [5.74, 6) is 0. The molecule has 1 unspecified atom stereocenters. The second kappa shape index (κ2) is 6.60. The molecule has 0 aliphatic carbocycles. The second-order valence-electron chi connectivity index (χ2n) is 4.80. The van der Waals surface area contributed by atoms with Crippen LogP contribution in [0.1, 0.15) is 11.7 Å². The maximum atomic E-state index is 10.3. The summed E-state index contributed by atoms with van der Waals surface area (Å²) in [6, 6.07) is 11.0. The fraction of sp³-hybridized carbons (Fsp3) is 0.125. The summed E-state index contributed by atoms with van der Waals surface area (Å²) in [5.41, 5.74) is 3.07. The van der Waals surface area contributed by atoms with E-state index >= 15 is 0 Å². The van der Waals surface area contributed by atoms with E-state index in [1.165, 1.54) is 0 Å². The minimum absolute atomic E-state index is 0.334. The van der Waals surface area contributed by atoms with E-state index in [2.05, 4.69) is 31.2 Å². The third-order valence-corrected chi connectivity index (χ3v) is 4.07. The monoisotopic (exact) mass is 377 g/mol. The van der Waals surface area contributed by atoms with Crippen molar-refractivity contribution in [1.82, 2.24) is 9.97 Å². The standard InChI is InChI=1S/C16H13BrClN3O/c17-10-7-14-16(21-8-10)13(5-6-19-14)20-9-15(22)11-3-1-2-4-12(11)18/h1-8,15,22H,9H2,(H,19,20). The molecule has 0 radical (unpaired) electrons. The van der Waals surface area contributed by atoms with Crippen molar-refractivity contribution in [1.29, 1.82) is 0 Å². The molecular weight excluding hydrogens is 366 g/mol. The molecule has 0 saturated heterocycles. The number of anilines is 1. The van der Waals surface area contributed by atoms with Crippen LogP contribution in [0.4, 0.5) is 5.69 Å². The van der Waals surface area contributed by atoms with Gasteiger partial charge in [-0.1, -0.05) is 29.8 Å². The third-order valence-electron chi connectivity index (χ3n) is 3.29. The Morgan fingerprint density at radius 3 is 2.86 bits per heavy atom. The van der Waals surface area contributed by atoms with Gasteiger partial charge in [0.15, 0.2) is 0 Å². The molecule has 1 aromatic carbocycles. The number of benzene rings is 1. The third kappa shape index (κ3) is 3.21. The van der Waals surface area contributed by atoms with Gasteiger partial charge in [0.25, 0.3) is 0 Å². The van der Waals surface area contributed by atoms with Gasteiger partial charge in [-0.2, -0.15) is 0 Å². The molecule has 112 valence electrons. The van der Waals surface area contributed by atoms with Gasteiger partial charge < -0.3 is 10.4 Å². The molecular formula is C16H13BrClN3O. The average Bonchev–Trinajstić information content (AvgIpc) is 2.52. The fourth-order valence-corrected chi connectivity index (χ4v) is 2.79. The number of fused-ring (bicyclic) bond motifs is 1. The van der Waals surface area contributed by atoms with Gasteiger partial charge in [-0.25, -0.2) is 0 Å². The van der Waals surface area contributed by atoms with Crippen molar-refractivity contribution in [2.45, 2.75) is 6.10 Å². The van der Waals surface area contributed by atoms with E-state index in [0.717, 1.165) is 21.2 Å². The van der Waals surface area contributed by atoms with Gasteiger partial charge in [0.1, 0.15) is 5.52 Å². The number of pyridine rings is 2. The predicted octanol–water partition coefficient (Wildman–Crippen LogP) is 4.19. The maximum Gasteiger partial charge on any atom is 0.112 e. The Bertz CT molecular complexity index is 812. The van der Waals surface area contributed by atoms with Crippen LogP contribution in [0.2, 0.25) is 5.02 Å². The molecule has 0 aliphatic heterocycles. The van der Waals surface area contributed by atoms with Crippen molar-refractivity contribution in [3.8, 4) is 0 Å². The van der Waals surface area contributed by atoms with Crippen molar-refractivity contribution in [2.75, 3.05) is 11.9 Å². The van der Waals surface area contributed by atoms with E-state index in [0.29, 0.717) is 17.1 Å². The fourth-order valence-electron chi connectivity index (χ4n) is 2.21. The molecule has 0 bridgehead atoms. The number of hydrogen-bond donors (Lipinski definition) is 2. The first-order chi connectivity index (χ1) is 10.6. The number of nitrogens with zero attached hydrogens (tertiary/aromatic N) is 2. The molecule has 0 aliphatic rings. The largest absolute Gasteiger partial charge is 0.387 e. The minimum atomic E-state index is -0.702. The maximum absolute atomic E-state index is 10.3. The average molecular weight is 379 g/mol. The highest BCUT2D eigenvalue weighted by Crippen LogP contribution is 2.25. The highest BCUT2D eigenvalue weighted by molar-refractivity contribution is 9.10. The van der Waals surface area contributed by atoms with Crippen LogP contribution in [-0.4, -0.2) is 21.6 Å². The number of halogens is 2. The van der Waals surface area contributed by atoms with Crippen molar-refractivity contribution in [3.63, 3.8) is 0 Å². The van der Waals surface area contributed by atoms with Crippen molar-refractivity contribution in [2.24, 2.45) is 0 Å². The van der Waals surface area contributed by atoms with Gasteiger partial charge in [0.05, 0.1) is 17.3 Å². The molecule has 3 aromatic rings. The highest BCUT2D eigenvalue weighted by atomic mass is 79.9. The Kier molecular flexibility index (Phi) is 4.57. The lowest BCUT2D eigenvalue weighted by Gasteiger charge is -2.15. The van der Waals surface area contributed by atoms with Crippen LogP contribution in [0, 0.1) is 0 Å². The Hall–Kier alpha value is -1.69. The van der Waals surface area contributed by atoms with Gasteiger partial charge in [-0.3, -0.25) is 9.97 Å². The molecule has 4 nitrogen and oxygen atoms in total. The molecule has 0 saturated carbocycles. The van der Waals surface area contributed by atoms with Gasteiger partial charge >= 0.3 is 0 Å². The minimum Gasteiger partial charge on any atom is -0.387 e. The Morgan fingerprint density at radius 2 is 2.05 bits per heavy atom. The Morgan fingerprint density at radius 1 is 1.23 bits per heavy atom. The van der Waals surface area contributed by atoms with E-state index in [9.17, 15) is 5.11 Å². The van der Waals surface area contributed by atoms with Crippen LogP contribution in [0.15, 0.2) is 53.3 Å². The van der Waals surface area contributed by atoms with Crippen molar-refractivity contribution in [3.05, 3.63) is 63.9 Å². The number of hydrogen-bond acceptors (Lipinski definition) is 4. The molecule has 2 N–H and O–H groups in total. The summed E-state index contributed by atoms with van der Waals surface area (Å²) in [7, 11) is 0. The van der Waals surface area contributed by atoms with E-state index in [1.807, 2.05) is 30.3 Å². The summed E-state index contributed by atoms with van der Waals surface area (Å²) in [6.45, 7) is 0.334. The molecule has 1 atom stereocenters. The summed E-state index contributed by atoms with van der Waals surface area (Å²) in [5, 5.41) is 14.0. The molecule has 22 heavy (non-hydrogen) atoms. The SMILES string of the molecule is OC(CNc1ccnc2cc(Br)cnc12)c1ccccc1Cl. The van der Waals surface area contributed by atoms with Gasteiger partial charge in [0.2, 0.25) is 0 Å². The Labute approximate surface area is 141 Å². The zero-order valence-corrected chi connectivity index (χ0v) is 13.8. The Balaban J connectivity index is 1.81. The topological polar surface area (TPSA) is 58.0 Å². The van der Waals surface area contributed by atoms with Crippen LogP contribution in [-0.2, 0) is 0 Å². The molecule has 0 spiro atoms. The normalized spacial score (nSPS) is 12.3. The number of aliphatic hydroxyl groups excluding tert-OH is 1. The van der Waals surface area contributed by atoms with Crippen LogP contribution < -0.4 is 5.32 Å². The van der Waals surface area contributed by atoms with Gasteiger partial charge in [-0.15, -0.1) is 0 Å². The van der Waals surface area contributed by atoms with Gasteiger partial charge in [0, 0.05) is 34.0 Å². The zero-order valence-electron chi connectivity index (χ0n) is 11.5. The quantitative estimate of drug-likeness (QED) is 0.714. The first kappa shape index (κ1) is 15.2. The summed E-state index contributed by atoms with van der Waals surface area (Å²) in [4.78, 5) is 8.66. The van der Waals surface area contributed by atoms with E-state index in [-0.39, 0.29) is 0 Å². The number of aromatic nitrogens is 2.